The Bertz CT molecular complexity index is 323. The van der Waals surface area contributed by atoms with Crippen molar-refractivity contribution in [1.29, 1.82) is 0 Å². The fraction of sp³-hybridized carbons (Fsp3) is 1.00. The van der Waals surface area contributed by atoms with E-state index in [2.05, 4.69) is 20.1 Å². The minimum atomic E-state index is -0.444. The average Bonchev–Trinajstić information content (AvgIpc) is 2.30. The molecule has 0 amide bonds. The fourth-order valence-corrected chi connectivity index (χ4v) is 2.00. The van der Waals surface area contributed by atoms with Gasteiger partial charge in [0, 0.05) is 15.9 Å². The van der Waals surface area contributed by atoms with Crippen molar-refractivity contribution in [3.05, 3.63) is 20.9 Å². The van der Waals surface area contributed by atoms with Crippen molar-refractivity contribution < 1.29 is 0 Å². The van der Waals surface area contributed by atoms with Crippen LogP contribution in [0.5, 0.6) is 0 Å². The van der Waals surface area contributed by atoms with Crippen LogP contribution in [0.2, 0.25) is 0 Å². The molecular weight excluding hydrogens is 180 g/mol. The van der Waals surface area contributed by atoms with E-state index in [1.165, 1.54) is 0 Å². The van der Waals surface area contributed by atoms with Crippen molar-refractivity contribution in [2.45, 2.75) is 45.2 Å². The highest BCUT2D eigenvalue weighted by atomic mass is 15.2. The van der Waals surface area contributed by atoms with Crippen LogP contribution < -0.4 is 0 Å². The van der Waals surface area contributed by atoms with Gasteiger partial charge in [0.15, 0.2) is 0 Å². The number of hydrogen-bond donors (Lipinski definition) is 0. The van der Waals surface area contributed by atoms with Gasteiger partial charge >= 0.3 is 0 Å². The molecule has 0 unspecified atom stereocenters. The first-order valence-corrected chi connectivity index (χ1v) is 4.58. The Morgan fingerprint density at radius 3 is 2.36 bits per heavy atom. The maximum atomic E-state index is 8.50. The van der Waals surface area contributed by atoms with E-state index < -0.39 is 5.54 Å². The van der Waals surface area contributed by atoms with Crippen LogP contribution in [-0.2, 0) is 0 Å². The van der Waals surface area contributed by atoms with Gasteiger partial charge in [0.1, 0.15) is 0 Å². The molecule has 0 aromatic carbocycles. The number of hydrogen-bond acceptors (Lipinski definition) is 2. The third-order valence-electron chi connectivity index (χ3n) is 3.58. The summed E-state index contributed by atoms with van der Waals surface area (Å²) in [6, 6.07) is -0.0806. The predicted octanol–water partition coefficient (Wildman–Crippen LogP) is 3.55. The van der Waals surface area contributed by atoms with Crippen LogP contribution in [0.3, 0.4) is 0 Å². The third-order valence-corrected chi connectivity index (χ3v) is 3.58. The lowest BCUT2D eigenvalue weighted by Crippen LogP contribution is -2.39. The molecule has 0 spiro atoms. The van der Waals surface area contributed by atoms with Gasteiger partial charge in [-0.25, -0.2) is 0 Å². The normalized spacial score (nSPS) is 34.4. The molecular formula is C8H14N6. The molecule has 0 bridgehead atoms. The SMILES string of the molecule is CC1(C)[C@@H](N=[N+]=[N-])CC[C@@]1(C)N=[N+]=[N-]. The van der Waals surface area contributed by atoms with Crippen molar-refractivity contribution in [1.82, 2.24) is 0 Å². The highest BCUT2D eigenvalue weighted by Gasteiger charge is 2.50. The first kappa shape index (κ1) is 10.7. The zero-order chi connectivity index (χ0) is 10.8. The Labute approximate surface area is 82.6 Å². The van der Waals surface area contributed by atoms with E-state index in [-0.39, 0.29) is 11.5 Å². The van der Waals surface area contributed by atoms with Crippen LogP contribution in [0, 0.1) is 5.41 Å². The summed E-state index contributed by atoms with van der Waals surface area (Å²) in [4.78, 5) is 5.70. The van der Waals surface area contributed by atoms with Crippen molar-refractivity contribution in [3.63, 3.8) is 0 Å². The molecule has 0 aliphatic heterocycles. The van der Waals surface area contributed by atoms with E-state index in [1.54, 1.807) is 0 Å². The van der Waals surface area contributed by atoms with Crippen LogP contribution in [0.4, 0.5) is 0 Å². The molecule has 1 aliphatic rings. The highest BCUT2D eigenvalue weighted by Crippen LogP contribution is 2.50. The molecule has 0 aromatic rings. The molecule has 6 heteroatoms. The van der Waals surface area contributed by atoms with Gasteiger partial charge in [-0.3, -0.25) is 0 Å². The minimum absolute atomic E-state index is 0.0806. The van der Waals surface area contributed by atoms with Crippen LogP contribution in [0.25, 0.3) is 20.9 Å². The quantitative estimate of drug-likeness (QED) is 0.365. The smallest absolute Gasteiger partial charge is 0.0515 e. The Morgan fingerprint density at radius 1 is 1.21 bits per heavy atom. The Balaban J connectivity index is 3.07. The minimum Gasteiger partial charge on any atom is -0.0900 e. The van der Waals surface area contributed by atoms with Crippen molar-refractivity contribution in [3.8, 4) is 0 Å². The summed E-state index contributed by atoms with van der Waals surface area (Å²) in [6.45, 7) is 5.88. The lowest BCUT2D eigenvalue weighted by molar-refractivity contribution is 0.207. The third kappa shape index (κ3) is 1.39. The second kappa shape index (κ2) is 3.40. The van der Waals surface area contributed by atoms with Gasteiger partial charge in [-0.15, -0.1) is 0 Å². The first-order chi connectivity index (χ1) is 6.48. The Kier molecular flexibility index (Phi) is 2.60. The molecule has 6 nitrogen and oxygen atoms in total. The molecule has 1 rings (SSSR count). The van der Waals surface area contributed by atoms with E-state index in [0.29, 0.717) is 0 Å². The summed E-state index contributed by atoms with van der Waals surface area (Å²) < 4.78 is 0. The summed E-state index contributed by atoms with van der Waals surface area (Å²) in [5.41, 5.74) is 16.2. The molecule has 2 atom stereocenters. The van der Waals surface area contributed by atoms with E-state index in [9.17, 15) is 0 Å². The maximum absolute atomic E-state index is 8.50. The van der Waals surface area contributed by atoms with E-state index >= 15 is 0 Å². The summed E-state index contributed by atoms with van der Waals surface area (Å²) in [6.07, 6.45) is 1.56. The Hall–Kier alpha value is -1.38. The molecule has 1 saturated carbocycles. The lowest BCUT2D eigenvalue weighted by atomic mass is 9.75. The average molecular weight is 194 g/mol. The summed E-state index contributed by atoms with van der Waals surface area (Å²) in [5.74, 6) is 0. The topological polar surface area (TPSA) is 97.5 Å². The largest absolute Gasteiger partial charge is 0.0900 e. The fourth-order valence-electron chi connectivity index (χ4n) is 2.00. The molecule has 0 N–H and O–H groups in total. The molecule has 0 saturated heterocycles. The molecule has 1 fully saturated rings. The van der Waals surface area contributed by atoms with Gasteiger partial charge in [-0.05, 0) is 29.3 Å². The van der Waals surface area contributed by atoms with Crippen LogP contribution >= 0.6 is 0 Å². The van der Waals surface area contributed by atoms with Gasteiger partial charge < -0.3 is 0 Å². The van der Waals surface area contributed by atoms with Crippen molar-refractivity contribution in [2.24, 2.45) is 15.6 Å². The van der Waals surface area contributed by atoms with E-state index in [4.69, 9.17) is 11.1 Å². The van der Waals surface area contributed by atoms with E-state index in [0.717, 1.165) is 12.8 Å². The number of rotatable bonds is 2. The standard InChI is InChI=1S/C8H14N6/c1-7(2)6(11-13-9)4-5-8(7,3)12-14-10/h6H,4-5H2,1-3H3/t6-,8+/m0/s1. The summed E-state index contributed by atoms with van der Waals surface area (Å²) in [7, 11) is 0. The number of nitrogens with zero attached hydrogens (tertiary/aromatic N) is 6. The van der Waals surface area contributed by atoms with Crippen LogP contribution in [0.1, 0.15) is 33.6 Å². The van der Waals surface area contributed by atoms with E-state index in [1.807, 2.05) is 20.8 Å². The maximum Gasteiger partial charge on any atom is 0.0515 e. The monoisotopic (exact) mass is 194 g/mol. The Morgan fingerprint density at radius 2 is 1.86 bits per heavy atom. The molecule has 76 valence electrons. The van der Waals surface area contributed by atoms with Crippen LogP contribution in [0.15, 0.2) is 10.2 Å². The zero-order valence-corrected chi connectivity index (χ0v) is 8.67. The molecule has 14 heavy (non-hydrogen) atoms. The van der Waals surface area contributed by atoms with Gasteiger partial charge in [0.25, 0.3) is 0 Å². The molecule has 0 radical (unpaired) electrons. The second-order valence-corrected chi connectivity index (χ2v) is 4.44. The molecule has 1 aliphatic carbocycles. The second-order valence-electron chi connectivity index (χ2n) is 4.44. The zero-order valence-electron chi connectivity index (χ0n) is 8.67. The summed E-state index contributed by atoms with van der Waals surface area (Å²) >= 11 is 0. The lowest BCUT2D eigenvalue weighted by Gasteiger charge is -2.36. The molecule has 0 heterocycles. The van der Waals surface area contributed by atoms with Gasteiger partial charge in [-0.1, -0.05) is 31.0 Å². The van der Waals surface area contributed by atoms with Gasteiger partial charge in [-0.2, -0.15) is 0 Å². The highest BCUT2D eigenvalue weighted by molar-refractivity contribution is 5.09. The summed E-state index contributed by atoms with van der Waals surface area (Å²) in [5, 5.41) is 7.59. The predicted molar refractivity (Wildman–Crippen MR) is 53.5 cm³/mol. The van der Waals surface area contributed by atoms with Gasteiger partial charge in [0.05, 0.1) is 5.54 Å². The number of azide groups is 2. The van der Waals surface area contributed by atoms with Gasteiger partial charge in [0.2, 0.25) is 0 Å². The van der Waals surface area contributed by atoms with Crippen LogP contribution in [-0.4, -0.2) is 11.6 Å². The molecule has 0 aromatic heterocycles. The first-order valence-electron chi connectivity index (χ1n) is 4.58. The van der Waals surface area contributed by atoms with Crippen molar-refractivity contribution in [2.75, 3.05) is 0 Å². The van der Waals surface area contributed by atoms with Crippen molar-refractivity contribution >= 4 is 0 Å².